The molecule has 6 heteroatoms. The lowest BCUT2D eigenvalue weighted by Crippen LogP contribution is -2.32. The van der Waals surface area contributed by atoms with Crippen molar-refractivity contribution in [1.29, 1.82) is 0 Å². The minimum Gasteiger partial charge on any atom is -0.391 e. The molecule has 0 amide bonds. The van der Waals surface area contributed by atoms with Gasteiger partial charge in [0.2, 0.25) is 10.0 Å². The minimum atomic E-state index is -3.55. The van der Waals surface area contributed by atoms with Crippen molar-refractivity contribution in [1.82, 2.24) is 4.31 Å². The second-order valence-electron chi connectivity index (χ2n) is 4.22. The summed E-state index contributed by atoms with van der Waals surface area (Å²) in [5.41, 5.74) is 1.48. The van der Waals surface area contributed by atoms with Gasteiger partial charge in [0, 0.05) is 13.1 Å². The highest BCUT2D eigenvalue weighted by atomic mass is 32.2. The van der Waals surface area contributed by atoms with E-state index in [1.54, 1.807) is 26.2 Å². The van der Waals surface area contributed by atoms with E-state index in [1.807, 2.05) is 0 Å². The van der Waals surface area contributed by atoms with Gasteiger partial charge in [0.15, 0.2) is 0 Å². The number of thiophene rings is 1. The summed E-state index contributed by atoms with van der Waals surface area (Å²) in [6.45, 7) is 9.52. The molecule has 1 heterocycles. The highest BCUT2D eigenvalue weighted by Crippen LogP contribution is 2.29. The number of aryl methyl sites for hydroxylation is 1. The van der Waals surface area contributed by atoms with E-state index in [0.29, 0.717) is 23.5 Å². The van der Waals surface area contributed by atoms with Crippen LogP contribution in [-0.4, -0.2) is 30.9 Å². The topological polar surface area (TPSA) is 57.6 Å². The molecule has 0 aliphatic carbocycles. The third kappa shape index (κ3) is 3.00. The Balaban J connectivity index is 3.26. The van der Waals surface area contributed by atoms with Crippen molar-refractivity contribution in [3.63, 3.8) is 0 Å². The lowest BCUT2D eigenvalue weighted by atomic mass is 10.3. The van der Waals surface area contributed by atoms with Crippen LogP contribution in [0.3, 0.4) is 0 Å². The predicted octanol–water partition coefficient (Wildman–Crippen LogP) is 2.14. The van der Waals surface area contributed by atoms with Crippen molar-refractivity contribution < 1.29 is 13.5 Å². The van der Waals surface area contributed by atoms with Crippen molar-refractivity contribution in [3.05, 3.63) is 28.0 Å². The summed E-state index contributed by atoms with van der Waals surface area (Å²) < 4.78 is 26.5. The quantitative estimate of drug-likeness (QED) is 0.816. The first-order valence-electron chi connectivity index (χ1n) is 5.66. The smallest absolute Gasteiger partial charge is 0.244 e. The third-order valence-electron chi connectivity index (χ3n) is 2.53. The lowest BCUT2D eigenvalue weighted by molar-refractivity contribution is 0.282. The highest BCUT2D eigenvalue weighted by Gasteiger charge is 2.28. The van der Waals surface area contributed by atoms with E-state index in [9.17, 15) is 13.5 Å². The summed E-state index contributed by atoms with van der Waals surface area (Å²) in [6.07, 6.45) is 0. The first-order chi connectivity index (χ1) is 8.34. The monoisotopic (exact) mass is 289 g/mol. The van der Waals surface area contributed by atoms with Gasteiger partial charge in [-0.15, -0.1) is 11.3 Å². The number of rotatable bonds is 6. The molecule has 0 bridgehead atoms. The van der Waals surface area contributed by atoms with Gasteiger partial charge in [-0.05, 0) is 24.8 Å². The zero-order chi connectivity index (χ0) is 13.9. The van der Waals surface area contributed by atoms with E-state index in [0.717, 1.165) is 5.57 Å². The summed E-state index contributed by atoms with van der Waals surface area (Å²) in [7, 11) is -3.55. The molecule has 102 valence electrons. The number of aliphatic hydroxyl groups is 1. The van der Waals surface area contributed by atoms with E-state index in [1.165, 1.54) is 15.6 Å². The van der Waals surface area contributed by atoms with Crippen molar-refractivity contribution in [2.75, 3.05) is 13.1 Å². The molecule has 0 saturated carbocycles. The van der Waals surface area contributed by atoms with Crippen LogP contribution in [-0.2, 0) is 16.6 Å². The van der Waals surface area contributed by atoms with E-state index >= 15 is 0 Å². The van der Waals surface area contributed by atoms with Crippen molar-refractivity contribution in [2.45, 2.75) is 32.3 Å². The van der Waals surface area contributed by atoms with Crippen molar-refractivity contribution in [3.8, 4) is 0 Å². The molecule has 18 heavy (non-hydrogen) atoms. The number of hydrogen-bond acceptors (Lipinski definition) is 4. The Morgan fingerprint density at radius 3 is 2.61 bits per heavy atom. The Morgan fingerprint density at radius 1 is 1.56 bits per heavy atom. The van der Waals surface area contributed by atoms with Crippen molar-refractivity contribution >= 4 is 21.4 Å². The molecule has 0 aliphatic rings. The van der Waals surface area contributed by atoms with Crippen LogP contribution in [0, 0.1) is 6.92 Å². The summed E-state index contributed by atoms with van der Waals surface area (Å²) in [4.78, 5) is 0.741. The SMILES string of the molecule is C=C(C)CN(CC)S(=O)(=O)c1c(C)csc1CO. The molecule has 0 fully saturated rings. The fourth-order valence-corrected chi connectivity index (χ4v) is 4.86. The summed E-state index contributed by atoms with van der Waals surface area (Å²) in [5, 5.41) is 11.0. The molecule has 4 nitrogen and oxygen atoms in total. The van der Waals surface area contributed by atoms with Gasteiger partial charge in [0.25, 0.3) is 0 Å². The van der Waals surface area contributed by atoms with Gasteiger partial charge in [0.1, 0.15) is 4.90 Å². The van der Waals surface area contributed by atoms with E-state index in [4.69, 9.17) is 0 Å². The molecule has 1 aromatic heterocycles. The van der Waals surface area contributed by atoms with Gasteiger partial charge in [0.05, 0.1) is 11.5 Å². The Morgan fingerprint density at radius 2 is 2.17 bits per heavy atom. The number of sulfonamides is 1. The van der Waals surface area contributed by atoms with Crippen molar-refractivity contribution in [2.24, 2.45) is 0 Å². The maximum Gasteiger partial charge on any atom is 0.244 e. The van der Waals surface area contributed by atoms with Crippen LogP contribution in [0.1, 0.15) is 24.3 Å². The Labute approximate surface area is 113 Å². The summed E-state index contributed by atoms with van der Waals surface area (Å²) >= 11 is 1.27. The van der Waals surface area contributed by atoms with Crippen LogP contribution < -0.4 is 0 Å². The van der Waals surface area contributed by atoms with Crippen LogP contribution in [0.2, 0.25) is 0 Å². The molecular formula is C12H19NO3S2. The van der Waals surface area contributed by atoms with Gasteiger partial charge >= 0.3 is 0 Å². The normalized spacial score (nSPS) is 12.1. The summed E-state index contributed by atoms with van der Waals surface area (Å²) in [5.74, 6) is 0. The Bertz CT molecular complexity index is 532. The summed E-state index contributed by atoms with van der Waals surface area (Å²) in [6, 6.07) is 0. The molecule has 0 aromatic carbocycles. The molecule has 0 aliphatic heterocycles. The van der Waals surface area contributed by atoms with E-state index < -0.39 is 10.0 Å². The highest BCUT2D eigenvalue weighted by molar-refractivity contribution is 7.89. The predicted molar refractivity (Wildman–Crippen MR) is 74.2 cm³/mol. The zero-order valence-electron chi connectivity index (χ0n) is 10.9. The number of aliphatic hydroxyl groups excluding tert-OH is 1. The number of likely N-dealkylation sites (N-methyl/N-ethyl adjacent to an activating group) is 1. The van der Waals surface area contributed by atoms with Crippen LogP contribution in [0.5, 0.6) is 0 Å². The number of nitrogens with zero attached hydrogens (tertiary/aromatic N) is 1. The average Bonchev–Trinajstić information content (AvgIpc) is 2.67. The Kier molecular flexibility index (Phi) is 5.10. The average molecular weight is 289 g/mol. The van der Waals surface area contributed by atoms with Gasteiger partial charge in [-0.3, -0.25) is 0 Å². The van der Waals surface area contributed by atoms with Crippen LogP contribution in [0.4, 0.5) is 0 Å². The largest absolute Gasteiger partial charge is 0.391 e. The molecule has 0 saturated heterocycles. The third-order valence-corrected chi connectivity index (χ3v) is 5.90. The van der Waals surface area contributed by atoms with Gasteiger partial charge in [-0.25, -0.2) is 8.42 Å². The molecule has 0 spiro atoms. The zero-order valence-corrected chi connectivity index (χ0v) is 12.6. The Hall–Kier alpha value is -0.690. The maximum atomic E-state index is 12.5. The molecule has 0 radical (unpaired) electrons. The van der Waals surface area contributed by atoms with Crippen LogP contribution >= 0.6 is 11.3 Å². The first kappa shape index (κ1) is 15.4. The lowest BCUT2D eigenvalue weighted by Gasteiger charge is -2.21. The fourth-order valence-electron chi connectivity index (χ4n) is 1.74. The molecule has 1 rings (SSSR count). The molecule has 0 unspecified atom stereocenters. The molecule has 1 aromatic rings. The van der Waals surface area contributed by atoms with E-state index in [2.05, 4.69) is 6.58 Å². The molecule has 1 N–H and O–H groups in total. The van der Waals surface area contributed by atoms with E-state index in [-0.39, 0.29) is 11.5 Å². The van der Waals surface area contributed by atoms with Gasteiger partial charge < -0.3 is 5.11 Å². The maximum absolute atomic E-state index is 12.5. The standard InChI is InChI=1S/C12H19NO3S2/c1-5-13(6-9(2)3)18(15,16)12-10(4)8-17-11(12)7-14/h8,14H,2,5-7H2,1,3-4H3. The van der Waals surface area contributed by atoms with Gasteiger partial charge in [-0.1, -0.05) is 19.1 Å². The molecular weight excluding hydrogens is 270 g/mol. The molecule has 0 atom stereocenters. The second-order valence-corrected chi connectivity index (χ2v) is 7.06. The fraction of sp³-hybridized carbons (Fsp3) is 0.500. The minimum absolute atomic E-state index is 0.248. The number of hydrogen-bond donors (Lipinski definition) is 1. The van der Waals surface area contributed by atoms with Gasteiger partial charge in [-0.2, -0.15) is 4.31 Å². The second kappa shape index (κ2) is 5.97. The van der Waals surface area contributed by atoms with Crippen LogP contribution in [0.25, 0.3) is 0 Å². The van der Waals surface area contributed by atoms with Crippen LogP contribution in [0.15, 0.2) is 22.4 Å². The first-order valence-corrected chi connectivity index (χ1v) is 7.98.